The summed E-state index contributed by atoms with van der Waals surface area (Å²) in [5, 5.41) is 12.2. The number of ether oxygens (including phenoxy) is 3. The van der Waals surface area contributed by atoms with Crippen LogP contribution in [0.2, 0.25) is 0 Å². The quantitative estimate of drug-likeness (QED) is 0.247. The van der Waals surface area contributed by atoms with Crippen molar-refractivity contribution in [3.63, 3.8) is 0 Å². The fourth-order valence-corrected chi connectivity index (χ4v) is 5.01. The van der Waals surface area contributed by atoms with Gasteiger partial charge in [0.15, 0.2) is 0 Å². The first-order valence-electron chi connectivity index (χ1n) is 13.2. The van der Waals surface area contributed by atoms with E-state index in [1.54, 1.807) is 42.5 Å². The number of benzene rings is 4. The fraction of sp³-hybridized carbons (Fsp3) is 0.182. The largest absolute Gasteiger partial charge is 0.489 e. The van der Waals surface area contributed by atoms with Crippen molar-refractivity contribution in [3.05, 3.63) is 125 Å². The first-order valence-corrected chi connectivity index (χ1v) is 13.2. The number of nitrogens with one attached hydrogen (secondary N) is 1. The topological polar surface area (TPSA) is 111 Å². The van der Waals surface area contributed by atoms with Crippen LogP contribution >= 0.6 is 0 Å². The molecule has 41 heavy (non-hydrogen) atoms. The highest BCUT2D eigenvalue weighted by Crippen LogP contribution is 2.44. The lowest BCUT2D eigenvalue weighted by Gasteiger charge is -2.17. The van der Waals surface area contributed by atoms with Gasteiger partial charge in [0.05, 0.1) is 12.7 Å². The van der Waals surface area contributed by atoms with Crippen LogP contribution < -0.4 is 10.1 Å². The third-order valence-corrected chi connectivity index (χ3v) is 7.05. The van der Waals surface area contributed by atoms with E-state index in [1.165, 1.54) is 7.11 Å². The normalized spacial score (nSPS) is 12.5. The smallest absolute Gasteiger partial charge is 0.407 e. The molecule has 1 aliphatic carbocycles. The van der Waals surface area contributed by atoms with Crippen molar-refractivity contribution in [2.24, 2.45) is 0 Å². The third kappa shape index (κ3) is 6.38. The fourth-order valence-electron chi connectivity index (χ4n) is 5.01. The van der Waals surface area contributed by atoms with Crippen LogP contribution in [0.3, 0.4) is 0 Å². The molecular weight excluding hydrogens is 522 g/mol. The Hall–Kier alpha value is -5.11. The summed E-state index contributed by atoms with van der Waals surface area (Å²) in [6.07, 6.45) is -0.713. The molecular formula is C33H29NO7. The van der Waals surface area contributed by atoms with Crippen LogP contribution in [0.5, 0.6) is 5.75 Å². The van der Waals surface area contributed by atoms with Crippen LogP contribution in [-0.2, 0) is 27.3 Å². The average molecular weight is 552 g/mol. The molecule has 8 nitrogen and oxygen atoms in total. The molecule has 4 aromatic rings. The van der Waals surface area contributed by atoms with E-state index in [4.69, 9.17) is 14.2 Å². The molecule has 0 saturated carbocycles. The number of carbonyl (C=O) groups excluding carboxylic acids is 2. The average Bonchev–Trinajstić information content (AvgIpc) is 3.32. The van der Waals surface area contributed by atoms with E-state index in [2.05, 4.69) is 5.32 Å². The summed E-state index contributed by atoms with van der Waals surface area (Å²) < 4.78 is 16.1. The molecule has 0 spiro atoms. The molecule has 0 fully saturated rings. The second-order valence-corrected chi connectivity index (χ2v) is 9.69. The number of esters is 1. The zero-order chi connectivity index (χ0) is 28.8. The minimum atomic E-state index is -1.17. The number of carboxylic acid groups (broad SMARTS) is 1. The molecule has 0 aromatic heterocycles. The summed E-state index contributed by atoms with van der Waals surface area (Å²) in [6.45, 7) is 0.339. The van der Waals surface area contributed by atoms with Crippen molar-refractivity contribution in [3.8, 4) is 16.9 Å². The standard InChI is InChI=1S/C33H29NO7/c1-39-32(37)23-8-6-7-22(17-23)19-40-24-15-13-21(14-16-24)18-30(31(35)36)34-33(38)41-20-29-27-11-4-2-9-25(27)26-10-3-5-12-28(26)29/h2-17,29-30H,18-20H2,1H3,(H,34,38)(H,35,36). The Morgan fingerprint density at radius 3 is 2.12 bits per heavy atom. The number of carboxylic acids is 1. The number of fused-ring (bicyclic) bond motifs is 3. The van der Waals surface area contributed by atoms with Gasteiger partial charge in [0.25, 0.3) is 0 Å². The maximum atomic E-state index is 12.6. The van der Waals surface area contributed by atoms with E-state index in [0.29, 0.717) is 16.9 Å². The molecule has 1 unspecified atom stereocenters. The second kappa shape index (κ2) is 12.4. The van der Waals surface area contributed by atoms with Crippen LogP contribution in [0, 0.1) is 0 Å². The van der Waals surface area contributed by atoms with Crippen molar-refractivity contribution in [2.45, 2.75) is 25.0 Å². The van der Waals surface area contributed by atoms with Crippen LogP contribution in [0.1, 0.15) is 38.5 Å². The molecule has 0 aliphatic heterocycles. The van der Waals surface area contributed by atoms with Gasteiger partial charge in [-0.15, -0.1) is 0 Å². The Morgan fingerprint density at radius 2 is 1.49 bits per heavy atom. The summed E-state index contributed by atoms with van der Waals surface area (Å²) in [5.74, 6) is -1.12. The zero-order valence-corrected chi connectivity index (χ0v) is 22.4. The summed E-state index contributed by atoms with van der Waals surface area (Å²) in [5.41, 5.74) is 6.33. The predicted octanol–water partition coefficient (Wildman–Crippen LogP) is 5.59. The SMILES string of the molecule is COC(=O)c1cccc(COc2ccc(CC(NC(=O)OCC3c4ccccc4-c4ccccc43)C(=O)O)cc2)c1. The van der Waals surface area contributed by atoms with Gasteiger partial charge in [-0.25, -0.2) is 14.4 Å². The molecule has 1 amide bonds. The van der Waals surface area contributed by atoms with Crippen molar-refractivity contribution < 1.29 is 33.7 Å². The number of methoxy groups -OCH3 is 1. The lowest BCUT2D eigenvalue weighted by molar-refractivity contribution is -0.139. The minimum absolute atomic E-state index is 0.0704. The maximum Gasteiger partial charge on any atom is 0.407 e. The molecule has 1 atom stereocenters. The Kier molecular flexibility index (Phi) is 8.29. The van der Waals surface area contributed by atoms with Crippen molar-refractivity contribution in [2.75, 3.05) is 13.7 Å². The van der Waals surface area contributed by atoms with Gasteiger partial charge in [0.2, 0.25) is 0 Å². The lowest BCUT2D eigenvalue weighted by Crippen LogP contribution is -2.42. The number of alkyl carbamates (subject to hydrolysis) is 1. The second-order valence-electron chi connectivity index (χ2n) is 9.69. The van der Waals surface area contributed by atoms with Gasteiger partial charge >= 0.3 is 18.0 Å². The summed E-state index contributed by atoms with van der Waals surface area (Å²) in [4.78, 5) is 36.3. The van der Waals surface area contributed by atoms with Gasteiger partial charge in [-0.05, 0) is 57.6 Å². The van der Waals surface area contributed by atoms with Crippen molar-refractivity contribution in [1.82, 2.24) is 5.32 Å². The van der Waals surface area contributed by atoms with E-state index in [9.17, 15) is 19.5 Å². The number of hydrogen-bond acceptors (Lipinski definition) is 6. The Morgan fingerprint density at radius 1 is 0.829 bits per heavy atom. The van der Waals surface area contributed by atoms with Crippen molar-refractivity contribution in [1.29, 1.82) is 0 Å². The van der Waals surface area contributed by atoms with Gasteiger partial charge in [-0.3, -0.25) is 0 Å². The van der Waals surface area contributed by atoms with Gasteiger partial charge < -0.3 is 24.6 Å². The van der Waals surface area contributed by atoms with E-state index in [0.717, 1.165) is 27.8 Å². The molecule has 5 rings (SSSR count). The van der Waals surface area contributed by atoms with E-state index < -0.39 is 24.1 Å². The molecule has 8 heteroatoms. The van der Waals surface area contributed by atoms with Gasteiger partial charge in [0.1, 0.15) is 25.0 Å². The van der Waals surface area contributed by atoms with Crippen LogP contribution in [0.25, 0.3) is 11.1 Å². The molecule has 0 saturated heterocycles. The van der Waals surface area contributed by atoms with E-state index in [-0.39, 0.29) is 25.6 Å². The highest BCUT2D eigenvalue weighted by atomic mass is 16.5. The number of rotatable bonds is 10. The lowest BCUT2D eigenvalue weighted by atomic mass is 9.98. The highest BCUT2D eigenvalue weighted by molar-refractivity contribution is 5.89. The Bertz CT molecular complexity index is 1520. The molecule has 0 heterocycles. The first-order chi connectivity index (χ1) is 19.9. The van der Waals surface area contributed by atoms with E-state index in [1.807, 2.05) is 54.6 Å². The van der Waals surface area contributed by atoms with Crippen molar-refractivity contribution >= 4 is 18.0 Å². The van der Waals surface area contributed by atoms with Gasteiger partial charge in [0, 0.05) is 12.3 Å². The molecule has 2 N–H and O–H groups in total. The minimum Gasteiger partial charge on any atom is -0.489 e. The molecule has 0 bridgehead atoms. The summed E-state index contributed by atoms with van der Waals surface area (Å²) in [7, 11) is 1.33. The monoisotopic (exact) mass is 551 g/mol. The number of hydrogen-bond donors (Lipinski definition) is 2. The Labute approximate surface area is 237 Å². The molecule has 208 valence electrons. The summed E-state index contributed by atoms with van der Waals surface area (Å²) >= 11 is 0. The number of aliphatic carboxylic acids is 1. The van der Waals surface area contributed by atoms with Crippen LogP contribution in [-0.4, -0.2) is 42.9 Å². The zero-order valence-electron chi connectivity index (χ0n) is 22.4. The van der Waals surface area contributed by atoms with Gasteiger partial charge in [-0.2, -0.15) is 0 Å². The third-order valence-electron chi connectivity index (χ3n) is 7.05. The number of amides is 1. The van der Waals surface area contributed by atoms with Crippen LogP contribution in [0.4, 0.5) is 4.79 Å². The number of carbonyl (C=O) groups is 3. The van der Waals surface area contributed by atoms with Gasteiger partial charge in [-0.1, -0.05) is 72.8 Å². The molecule has 4 aromatic carbocycles. The first kappa shape index (κ1) is 27.5. The van der Waals surface area contributed by atoms with Crippen LogP contribution in [0.15, 0.2) is 97.1 Å². The Balaban J connectivity index is 1.15. The van der Waals surface area contributed by atoms with E-state index >= 15 is 0 Å². The maximum absolute atomic E-state index is 12.6. The summed E-state index contributed by atoms with van der Waals surface area (Å²) in [6, 6.07) is 28.8. The highest BCUT2D eigenvalue weighted by Gasteiger charge is 2.29. The molecule has 1 aliphatic rings. The molecule has 0 radical (unpaired) electrons. The predicted molar refractivity (Wildman–Crippen MR) is 152 cm³/mol.